The Morgan fingerprint density at radius 2 is 1.91 bits per heavy atom. The number of methoxy groups -OCH3 is 2. The second-order valence-electron chi connectivity index (χ2n) is 5.09. The first-order valence-electron chi connectivity index (χ1n) is 6.91. The topological polar surface area (TPSA) is 81.9 Å². The maximum Gasteiger partial charge on any atom is 0.248 e. The van der Waals surface area contributed by atoms with Gasteiger partial charge in [-0.25, -0.2) is 8.42 Å². The minimum atomic E-state index is -3.71. The van der Waals surface area contributed by atoms with E-state index in [2.05, 4.69) is 5.16 Å². The number of rotatable bonds is 6. The molecule has 1 heterocycles. The molecule has 0 saturated heterocycles. The average molecular weight is 340 g/mol. The first kappa shape index (κ1) is 17.3. The highest BCUT2D eigenvalue weighted by Crippen LogP contribution is 2.28. The van der Waals surface area contributed by atoms with Crippen LogP contribution in [0.1, 0.15) is 17.0 Å². The van der Waals surface area contributed by atoms with Gasteiger partial charge in [-0.15, -0.1) is 0 Å². The van der Waals surface area contributed by atoms with E-state index in [1.165, 1.54) is 18.5 Å². The molecular formula is C15H20N2O5S. The van der Waals surface area contributed by atoms with Crippen molar-refractivity contribution in [2.24, 2.45) is 0 Å². The maximum absolute atomic E-state index is 12.7. The summed E-state index contributed by atoms with van der Waals surface area (Å²) in [4.78, 5) is 0.104. The SMILES string of the molecule is COc1ccc(CN(C)S(=O)(=O)c2c(C)noc2C)c(OC)c1. The fraction of sp³-hybridized carbons (Fsp3) is 0.400. The van der Waals surface area contributed by atoms with Gasteiger partial charge in [0.2, 0.25) is 10.0 Å². The van der Waals surface area contributed by atoms with Crippen LogP contribution >= 0.6 is 0 Å². The summed E-state index contributed by atoms with van der Waals surface area (Å²) in [7, 11) is 0.886. The standard InChI is InChI=1S/C15H20N2O5S/c1-10-15(11(2)22-16-10)23(18,19)17(3)9-12-6-7-13(20-4)8-14(12)21-5/h6-8H,9H2,1-5H3. The molecule has 1 aromatic heterocycles. The van der Waals surface area contributed by atoms with Crippen molar-refractivity contribution in [2.75, 3.05) is 21.3 Å². The number of sulfonamides is 1. The molecule has 126 valence electrons. The second kappa shape index (κ2) is 6.59. The number of aromatic nitrogens is 1. The molecule has 2 rings (SSSR count). The van der Waals surface area contributed by atoms with E-state index in [0.29, 0.717) is 17.2 Å². The quantitative estimate of drug-likeness (QED) is 0.801. The molecule has 0 atom stereocenters. The highest BCUT2D eigenvalue weighted by Gasteiger charge is 2.29. The molecule has 0 amide bonds. The Kier molecular flexibility index (Phi) is 4.96. The van der Waals surface area contributed by atoms with Crippen molar-refractivity contribution < 1.29 is 22.4 Å². The lowest BCUT2D eigenvalue weighted by Gasteiger charge is -2.19. The fourth-order valence-electron chi connectivity index (χ4n) is 2.31. The lowest BCUT2D eigenvalue weighted by atomic mass is 10.2. The number of ether oxygens (including phenoxy) is 2. The summed E-state index contributed by atoms with van der Waals surface area (Å²) in [6.45, 7) is 3.33. The van der Waals surface area contributed by atoms with Gasteiger partial charge in [-0.1, -0.05) is 11.2 Å². The third kappa shape index (κ3) is 3.32. The van der Waals surface area contributed by atoms with Crippen molar-refractivity contribution in [1.29, 1.82) is 0 Å². The van der Waals surface area contributed by atoms with Crippen LogP contribution in [0.15, 0.2) is 27.6 Å². The molecule has 0 aliphatic rings. The molecule has 0 spiro atoms. The Balaban J connectivity index is 2.34. The molecule has 23 heavy (non-hydrogen) atoms. The summed E-state index contributed by atoms with van der Waals surface area (Å²) in [5, 5.41) is 3.71. The molecule has 8 heteroatoms. The van der Waals surface area contributed by atoms with Crippen molar-refractivity contribution in [3.05, 3.63) is 35.2 Å². The van der Waals surface area contributed by atoms with Crippen LogP contribution in [-0.4, -0.2) is 39.1 Å². The zero-order chi connectivity index (χ0) is 17.2. The Morgan fingerprint density at radius 3 is 2.43 bits per heavy atom. The normalized spacial score (nSPS) is 11.7. The van der Waals surface area contributed by atoms with Crippen LogP contribution in [0.5, 0.6) is 11.5 Å². The van der Waals surface area contributed by atoms with Crippen LogP contribution in [0.3, 0.4) is 0 Å². The average Bonchev–Trinajstić information content (AvgIpc) is 2.87. The van der Waals surface area contributed by atoms with Crippen LogP contribution in [0.2, 0.25) is 0 Å². The van der Waals surface area contributed by atoms with Crippen molar-refractivity contribution in [1.82, 2.24) is 9.46 Å². The van der Waals surface area contributed by atoms with E-state index in [-0.39, 0.29) is 17.2 Å². The molecule has 0 fully saturated rings. The molecule has 0 bridgehead atoms. The summed E-state index contributed by atoms with van der Waals surface area (Å²) in [6, 6.07) is 5.25. The van der Waals surface area contributed by atoms with E-state index in [1.807, 2.05) is 0 Å². The number of hydrogen-bond acceptors (Lipinski definition) is 6. The van der Waals surface area contributed by atoms with Crippen molar-refractivity contribution in [3.63, 3.8) is 0 Å². The zero-order valence-corrected chi connectivity index (χ0v) is 14.6. The number of hydrogen-bond donors (Lipinski definition) is 0. The van der Waals surface area contributed by atoms with Gasteiger partial charge in [0.05, 0.1) is 14.2 Å². The van der Waals surface area contributed by atoms with E-state index in [9.17, 15) is 8.42 Å². The van der Waals surface area contributed by atoms with Gasteiger partial charge in [0.15, 0.2) is 5.76 Å². The lowest BCUT2D eigenvalue weighted by Crippen LogP contribution is -2.27. The predicted molar refractivity (Wildman–Crippen MR) is 84.2 cm³/mol. The number of nitrogens with zero attached hydrogens (tertiary/aromatic N) is 2. The van der Waals surface area contributed by atoms with Crippen molar-refractivity contribution in [3.8, 4) is 11.5 Å². The number of aryl methyl sites for hydroxylation is 2. The summed E-state index contributed by atoms with van der Waals surface area (Å²) in [5.41, 5.74) is 1.07. The monoisotopic (exact) mass is 340 g/mol. The van der Waals surface area contributed by atoms with Crippen LogP contribution in [0, 0.1) is 13.8 Å². The molecular weight excluding hydrogens is 320 g/mol. The molecule has 0 saturated carbocycles. The van der Waals surface area contributed by atoms with Crippen molar-refractivity contribution in [2.45, 2.75) is 25.3 Å². The minimum Gasteiger partial charge on any atom is -0.497 e. The van der Waals surface area contributed by atoms with Crippen LogP contribution in [0.4, 0.5) is 0 Å². The molecule has 0 unspecified atom stereocenters. The summed E-state index contributed by atoms with van der Waals surface area (Å²) < 4.78 is 42.1. The van der Waals surface area contributed by atoms with Gasteiger partial charge in [-0.05, 0) is 19.9 Å². The van der Waals surface area contributed by atoms with E-state index < -0.39 is 10.0 Å². The highest BCUT2D eigenvalue weighted by atomic mass is 32.2. The first-order valence-corrected chi connectivity index (χ1v) is 8.35. The second-order valence-corrected chi connectivity index (χ2v) is 7.07. The smallest absolute Gasteiger partial charge is 0.248 e. The highest BCUT2D eigenvalue weighted by molar-refractivity contribution is 7.89. The Bertz CT molecular complexity index is 779. The van der Waals surface area contributed by atoms with E-state index in [1.54, 1.807) is 39.2 Å². The Labute approximate surface area is 135 Å². The summed E-state index contributed by atoms with van der Waals surface area (Å²) >= 11 is 0. The van der Waals surface area contributed by atoms with E-state index in [4.69, 9.17) is 14.0 Å². The Hall–Kier alpha value is -2.06. The summed E-state index contributed by atoms with van der Waals surface area (Å²) in [6.07, 6.45) is 0. The molecule has 0 N–H and O–H groups in total. The van der Waals surface area contributed by atoms with Gasteiger partial charge in [-0.3, -0.25) is 0 Å². The fourth-order valence-corrected chi connectivity index (χ4v) is 3.74. The molecule has 2 aromatic rings. The number of benzene rings is 1. The predicted octanol–water partition coefficient (Wildman–Crippen LogP) is 2.13. The van der Waals surface area contributed by atoms with Crippen LogP contribution < -0.4 is 9.47 Å². The molecule has 7 nitrogen and oxygen atoms in total. The zero-order valence-electron chi connectivity index (χ0n) is 13.8. The molecule has 0 aliphatic carbocycles. The maximum atomic E-state index is 12.7. The molecule has 0 radical (unpaired) electrons. The van der Waals surface area contributed by atoms with Gasteiger partial charge in [0.25, 0.3) is 0 Å². The van der Waals surface area contributed by atoms with Gasteiger partial charge >= 0.3 is 0 Å². The van der Waals surface area contributed by atoms with Gasteiger partial charge < -0.3 is 14.0 Å². The minimum absolute atomic E-state index is 0.104. The van der Waals surface area contributed by atoms with Crippen molar-refractivity contribution >= 4 is 10.0 Å². The third-order valence-corrected chi connectivity index (χ3v) is 5.57. The molecule has 1 aromatic carbocycles. The lowest BCUT2D eigenvalue weighted by molar-refractivity contribution is 0.383. The third-order valence-electron chi connectivity index (χ3n) is 3.52. The van der Waals surface area contributed by atoms with E-state index >= 15 is 0 Å². The van der Waals surface area contributed by atoms with E-state index in [0.717, 1.165) is 5.56 Å². The largest absolute Gasteiger partial charge is 0.497 e. The first-order chi connectivity index (χ1) is 10.8. The van der Waals surface area contributed by atoms with Gasteiger partial charge in [0.1, 0.15) is 22.1 Å². The summed E-state index contributed by atoms with van der Waals surface area (Å²) in [5.74, 6) is 1.48. The Morgan fingerprint density at radius 1 is 1.22 bits per heavy atom. The van der Waals surface area contributed by atoms with Crippen LogP contribution in [-0.2, 0) is 16.6 Å². The van der Waals surface area contributed by atoms with Gasteiger partial charge in [-0.2, -0.15) is 4.31 Å². The molecule has 0 aliphatic heterocycles. The van der Waals surface area contributed by atoms with Gasteiger partial charge in [0, 0.05) is 25.2 Å². The van der Waals surface area contributed by atoms with Crippen LogP contribution in [0.25, 0.3) is 0 Å².